The summed E-state index contributed by atoms with van der Waals surface area (Å²) in [5.74, 6) is 0.870. The molecule has 1 aliphatic heterocycles. The highest BCUT2D eigenvalue weighted by Crippen LogP contribution is 2.19. The summed E-state index contributed by atoms with van der Waals surface area (Å²) in [7, 11) is 0. The Morgan fingerprint density at radius 3 is 2.54 bits per heavy atom. The standard InChI is InChI=1S/C21H22N6O/c28-21(25-14-17-4-3-6-22-13-17)18-12-19(16-23-15-18)26-8-10-27(11-9-26)20-5-1-2-7-24-20/h1-7,12-13,15-16H,8-11,14H2,(H,25,28). The van der Waals surface area contributed by atoms with E-state index in [0.717, 1.165) is 43.2 Å². The Hall–Kier alpha value is -3.48. The molecule has 0 bridgehead atoms. The quantitative estimate of drug-likeness (QED) is 0.737. The van der Waals surface area contributed by atoms with E-state index in [4.69, 9.17) is 0 Å². The molecular weight excluding hydrogens is 352 g/mol. The number of carbonyl (C=O) groups excluding carboxylic acids is 1. The van der Waals surface area contributed by atoms with Crippen LogP contribution in [0.3, 0.4) is 0 Å². The average Bonchev–Trinajstić information content (AvgIpc) is 2.79. The summed E-state index contributed by atoms with van der Waals surface area (Å²) in [6.07, 6.45) is 8.70. The van der Waals surface area contributed by atoms with E-state index in [0.29, 0.717) is 12.1 Å². The number of piperazine rings is 1. The van der Waals surface area contributed by atoms with E-state index in [-0.39, 0.29) is 5.91 Å². The van der Waals surface area contributed by atoms with Gasteiger partial charge in [-0.3, -0.25) is 14.8 Å². The van der Waals surface area contributed by atoms with Crippen LogP contribution in [-0.4, -0.2) is 47.0 Å². The Labute approximate surface area is 164 Å². The molecule has 1 saturated heterocycles. The lowest BCUT2D eigenvalue weighted by Crippen LogP contribution is -2.46. The van der Waals surface area contributed by atoms with Crippen LogP contribution in [0, 0.1) is 0 Å². The molecule has 28 heavy (non-hydrogen) atoms. The molecule has 0 radical (unpaired) electrons. The minimum absolute atomic E-state index is 0.134. The number of aromatic nitrogens is 3. The lowest BCUT2D eigenvalue weighted by molar-refractivity contribution is 0.0950. The molecule has 1 aliphatic rings. The van der Waals surface area contributed by atoms with Crippen molar-refractivity contribution in [2.24, 2.45) is 0 Å². The van der Waals surface area contributed by atoms with Crippen molar-refractivity contribution in [1.82, 2.24) is 20.3 Å². The van der Waals surface area contributed by atoms with Crippen molar-refractivity contribution >= 4 is 17.4 Å². The molecule has 3 aromatic heterocycles. The topological polar surface area (TPSA) is 74.2 Å². The number of amides is 1. The molecule has 0 unspecified atom stereocenters. The Kier molecular flexibility index (Phi) is 5.42. The Bertz CT molecular complexity index is 910. The molecule has 1 fully saturated rings. The second kappa shape index (κ2) is 8.47. The van der Waals surface area contributed by atoms with Gasteiger partial charge < -0.3 is 15.1 Å². The van der Waals surface area contributed by atoms with Gasteiger partial charge >= 0.3 is 0 Å². The van der Waals surface area contributed by atoms with E-state index >= 15 is 0 Å². The molecule has 7 nitrogen and oxygen atoms in total. The lowest BCUT2D eigenvalue weighted by Gasteiger charge is -2.36. The first-order valence-electron chi connectivity index (χ1n) is 9.33. The fourth-order valence-corrected chi connectivity index (χ4v) is 3.25. The smallest absolute Gasteiger partial charge is 0.253 e. The van der Waals surface area contributed by atoms with Gasteiger partial charge in [0.15, 0.2) is 0 Å². The fraction of sp³-hybridized carbons (Fsp3) is 0.238. The molecule has 0 aromatic carbocycles. The summed E-state index contributed by atoms with van der Waals surface area (Å²) < 4.78 is 0. The summed E-state index contributed by atoms with van der Waals surface area (Å²) in [6.45, 7) is 3.93. The van der Waals surface area contributed by atoms with E-state index < -0.39 is 0 Å². The zero-order valence-electron chi connectivity index (χ0n) is 15.5. The van der Waals surface area contributed by atoms with Crippen LogP contribution in [0.5, 0.6) is 0 Å². The van der Waals surface area contributed by atoms with Gasteiger partial charge in [0.05, 0.1) is 17.4 Å². The molecule has 4 heterocycles. The van der Waals surface area contributed by atoms with Gasteiger partial charge in [-0.1, -0.05) is 12.1 Å². The molecule has 3 aromatic rings. The lowest BCUT2D eigenvalue weighted by atomic mass is 10.2. The molecule has 0 atom stereocenters. The molecule has 1 amide bonds. The third kappa shape index (κ3) is 4.25. The third-order valence-corrected chi connectivity index (χ3v) is 4.78. The number of hydrogen-bond donors (Lipinski definition) is 1. The Morgan fingerprint density at radius 2 is 1.79 bits per heavy atom. The molecule has 0 spiro atoms. The molecular formula is C21H22N6O. The Morgan fingerprint density at radius 1 is 0.929 bits per heavy atom. The van der Waals surface area contributed by atoms with Gasteiger partial charge in [-0.25, -0.2) is 4.98 Å². The fourth-order valence-electron chi connectivity index (χ4n) is 3.25. The summed E-state index contributed by atoms with van der Waals surface area (Å²) in [6, 6.07) is 11.7. The number of nitrogens with one attached hydrogen (secondary N) is 1. The van der Waals surface area contributed by atoms with Gasteiger partial charge in [0.1, 0.15) is 5.82 Å². The first kappa shape index (κ1) is 17.9. The largest absolute Gasteiger partial charge is 0.367 e. The first-order chi connectivity index (χ1) is 13.8. The second-order valence-corrected chi connectivity index (χ2v) is 6.64. The van der Waals surface area contributed by atoms with Crippen molar-refractivity contribution in [3.8, 4) is 0 Å². The van der Waals surface area contributed by atoms with Crippen LogP contribution in [0.2, 0.25) is 0 Å². The average molecular weight is 374 g/mol. The van der Waals surface area contributed by atoms with Gasteiger partial charge in [-0.05, 0) is 29.8 Å². The maximum absolute atomic E-state index is 12.5. The van der Waals surface area contributed by atoms with Gasteiger partial charge in [-0.2, -0.15) is 0 Å². The summed E-state index contributed by atoms with van der Waals surface area (Å²) in [5, 5.41) is 2.92. The predicted molar refractivity (Wildman–Crippen MR) is 108 cm³/mol. The molecule has 0 saturated carbocycles. The van der Waals surface area contributed by atoms with Crippen LogP contribution in [-0.2, 0) is 6.54 Å². The van der Waals surface area contributed by atoms with E-state index in [2.05, 4.69) is 30.1 Å². The highest BCUT2D eigenvalue weighted by Gasteiger charge is 2.19. The number of rotatable bonds is 5. The zero-order valence-corrected chi connectivity index (χ0v) is 15.5. The van der Waals surface area contributed by atoms with Crippen molar-refractivity contribution in [3.63, 3.8) is 0 Å². The number of hydrogen-bond acceptors (Lipinski definition) is 6. The number of pyridine rings is 3. The van der Waals surface area contributed by atoms with Crippen LogP contribution in [0.25, 0.3) is 0 Å². The summed E-state index contributed by atoms with van der Waals surface area (Å²) in [5.41, 5.74) is 2.49. The van der Waals surface area contributed by atoms with Crippen molar-refractivity contribution in [2.75, 3.05) is 36.0 Å². The van der Waals surface area contributed by atoms with Gasteiger partial charge in [0.25, 0.3) is 5.91 Å². The van der Waals surface area contributed by atoms with E-state index in [9.17, 15) is 4.79 Å². The van der Waals surface area contributed by atoms with E-state index in [1.165, 1.54) is 0 Å². The maximum atomic E-state index is 12.5. The second-order valence-electron chi connectivity index (χ2n) is 6.64. The van der Waals surface area contributed by atoms with Gasteiger partial charge in [-0.15, -0.1) is 0 Å². The monoisotopic (exact) mass is 374 g/mol. The summed E-state index contributed by atoms with van der Waals surface area (Å²) in [4.78, 5) is 29.8. The number of nitrogens with zero attached hydrogens (tertiary/aromatic N) is 5. The molecule has 4 rings (SSSR count). The third-order valence-electron chi connectivity index (χ3n) is 4.78. The van der Waals surface area contributed by atoms with Crippen LogP contribution >= 0.6 is 0 Å². The predicted octanol–water partition coefficient (Wildman–Crippen LogP) is 2.13. The maximum Gasteiger partial charge on any atom is 0.253 e. The van der Waals surface area contributed by atoms with Crippen molar-refractivity contribution < 1.29 is 4.79 Å². The highest BCUT2D eigenvalue weighted by atomic mass is 16.1. The van der Waals surface area contributed by atoms with Crippen molar-refractivity contribution in [2.45, 2.75) is 6.54 Å². The van der Waals surface area contributed by atoms with Crippen molar-refractivity contribution in [3.05, 3.63) is 78.5 Å². The van der Waals surface area contributed by atoms with Crippen LogP contribution in [0.4, 0.5) is 11.5 Å². The van der Waals surface area contributed by atoms with Crippen molar-refractivity contribution in [1.29, 1.82) is 0 Å². The van der Waals surface area contributed by atoms with Gasteiger partial charge in [0, 0.05) is 57.5 Å². The molecule has 142 valence electrons. The molecule has 0 aliphatic carbocycles. The minimum atomic E-state index is -0.134. The Balaban J connectivity index is 1.37. The normalized spacial score (nSPS) is 14.0. The van der Waals surface area contributed by atoms with Crippen LogP contribution in [0.15, 0.2) is 67.4 Å². The van der Waals surface area contributed by atoms with Crippen LogP contribution < -0.4 is 15.1 Å². The molecule has 1 N–H and O–H groups in total. The van der Waals surface area contributed by atoms with Crippen LogP contribution in [0.1, 0.15) is 15.9 Å². The zero-order chi connectivity index (χ0) is 19.2. The minimum Gasteiger partial charge on any atom is -0.367 e. The van der Waals surface area contributed by atoms with E-state index in [1.54, 1.807) is 18.6 Å². The summed E-state index contributed by atoms with van der Waals surface area (Å²) >= 11 is 0. The SMILES string of the molecule is O=C(NCc1cccnc1)c1cncc(N2CCN(c3ccccn3)CC2)c1. The number of carbonyl (C=O) groups is 1. The first-order valence-corrected chi connectivity index (χ1v) is 9.33. The number of anilines is 2. The van der Waals surface area contributed by atoms with E-state index in [1.807, 2.05) is 48.8 Å². The highest BCUT2D eigenvalue weighted by molar-refractivity contribution is 5.94. The van der Waals surface area contributed by atoms with Gasteiger partial charge in [0.2, 0.25) is 0 Å². The molecule has 7 heteroatoms.